The van der Waals surface area contributed by atoms with Gasteiger partial charge in [0.2, 0.25) is 0 Å². The molecule has 31 heavy (non-hydrogen) atoms. The highest BCUT2D eigenvalue weighted by Crippen LogP contribution is 2.39. The molecule has 4 nitrogen and oxygen atoms in total. The number of halogens is 4. The lowest BCUT2D eigenvalue weighted by Crippen LogP contribution is -2.40. The van der Waals surface area contributed by atoms with Gasteiger partial charge in [0, 0.05) is 32.3 Å². The lowest BCUT2D eigenvalue weighted by molar-refractivity contribution is -0.137. The van der Waals surface area contributed by atoms with Crippen LogP contribution in [0.1, 0.15) is 49.2 Å². The highest BCUT2D eigenvalue weighted by molar-refractivity contribution is 5.53. The van der Waals surface area contributed by atoms with Crippen molar-refractivity contribution in [2.45, 2.75) is 51.5 Å². The summed E-state index contributed by atoms with van der Waals surface area (Å²) in [5.74, 6) is 0.769. The number of nitrogens with zero attached hydrogens (tertiary/aromatic N) is 4. The molecular formula is C23H26F4N4. The highest BCUT2D eigenvalue weighted by atomic mass is 19.4. The molecule has 0 saturated carbocycles. The molecule has 4 rings (SSSR count). The average molecular weight is 434 g/mol. The van der Waals surface area contributed by atoms with E-state index in [1.54, 1.807) is 30.5 Å². The molecule has 3 heterocycles. The van der Waals surface area contributed by atoms with Gasteiger partial charge >= 0.3 is 6.18 Å². The van der Waals surface area contributed by atoms with Gasteiger partial charge in [0.15, 0.2) is 5.65 Å². The fourth-order valence-corrected chi connectivity index (χ4v) is 4.32. The molecule has 0 aliphatic carbocycles. The van der Waals surface area contributed by atoms with E-state index < -0.39 is 17.4 Å². The highest BCUT2D eigenvalue weighted by Gasteiger charge is 2.40. The van der Waals surface area contributed by atoms with Crippen molar-refractivity contribution in [3.63, 3.8) is 0 Å². The molecule has 1 aliphatic heterocycles. The molecule has 0 radical (unpaired) electrons. The minimum absolute atomic E-state index is 0.0998. The van der Waals surface area contributed by atoms with Gasteiger partial charge in [0.1, 0.15) is 17.1 Å². The number of likely N-dealkylation sites (tertiary alicyclic amines) is 1. The van der Waals surface area contributed by atoms with Gasteiger partial charge in [-0.1, -0.05) is 44.2 Å². The van der Waals surface area contributed by atoms with Crippen molar-refractivity contribution in [1.82, 2.24) is 19.5 Å². The molecule has 0 spiro atoms. The number of hydrogen-bond acceptors (Lipinski definition) is 3. The molecule has 0 N–H and O–H groups in total. The summed E-state index contributed by atoms with van der Waals surface area (Å²) in [6.07, 6.45) is -1.88. The molecule has 0 amide bonds. The van der Waals surface area contributed by atoms with Crippen LogP contribution in [-0.4, -0.2) is 32.6 Å². The first kappa shape index (κ1) is 21.7. The Hall–Kier alpha value is -2.48. The molecule has 166 valence electrons. The minimum atomic E-state index is -4.55. The van der Waals surface area contributed by atoms with Crippen LogP contribution in [0.5, 0.6) is 0 Å². The predicted molar refractivity (Wildman–Crippen MR) is 110 cm³/mol. The maximum Gasteiger partial charge on any atom is 0.420 e. The third kappa shape index (κ3) is 4.44. The van der Waals surface area contributed by atoms with E-state index in [0.29, 0.717) is 30.9 Å². The molecule has 0 bridgehead atoms. The predicted octanol–water partition coefficient (Wildman–Crippen LogP) is 5.41. The van der Waals surface area contributed by atoms with Crippen LogP contribution in [0.15, 0.2) is 42.6 Å². The summed E-state index contributed by atoms with van der Waals surface area (Å²) in [5.41, 5.74) is -1.57. The molecule has 1 aliphatic rings. The number of piperidine rings is 1. The van der Waals surface area contributed by atoms with Gasteiger partial charge in [-0.15, -0.1) is 10.2 Å². The smallest absolute Gasteiger partial charge is 0.299 e. The van der Waals surface area contributed by atoms with Crippen molar-refractivity contribution in [3.8, 4) is 0 Å². The first-order valence-corrected chi connectivity index (χ1v) is 10.6. The quantitative estimate of drug-likeness (QED) is 0.504. The Morgan fingerprint density at radius 1 is 1.03 bits per heavy atom. The Kier molecular flexibility index (Phi) is 5.77. The second-order valence-corrected chi connectivity index (χ2v) is 8.73. The van der Waals surface area contributed by atoms with Crippen LogP contribution in [-0.2, 0) is 24.8 Å². The van der Waals surface area contributed by atoms with E-state index in [0.717, 1.165) is 0 Å². The van der Waals surface area contributed by atoms with Crippen molar-refractivity contribution >= 4 is 5.65 Å². The van der Waals surface area contributed by atoms with Crippen LogP contribution < -0.4 is 0 Å². The number of alkyl halides is 4. The third-order valence-corrected chi connectivity index (χ3v) is 5.94. The summed E-state index contributed by atoms with van der Waals surface area (Å²) in [6.45, 7) is 4.84. The molecule has 0 unspecified atom stereocenters. The summed E-state index contributed by atoms with van der Waals surface area (Å²) in [7, 11) is 0. The fourth-order valence-electron chi connectivity index (χ4n) is 4.32. The van der Waals surface area contributed by atoms with Gasteiger partial charge in [-0.3, -0.25) is 9.30 Å². The standard InChI is InChI=1S/C23H26F4N4/c1-16(2)14-19-28-29-21-20(23(25,26)27)17(8-11-31(19)21)15-30-12-9-22(24,10-13-30)18-6-4-3-5-7-18/h3-8,11,16H,9-10,12-15H2,1-2H3. The lowest BCUT2D eigenvalue weighted by Gasteiger charge is -2.37. The SMILES string of the molecule is CC(C)Cc1nnc2c(C(F)(F)F)c(CN3CCC(F)(c4ccccc4)CC3)ccn12. The van der Waals surface area contributed by atoms with Crippen LogP contribution in [0.2, 0.25) is 0 Å². The van der Waals surface area contributed by atoms with Crippen LogP contribution in [0.3, 0.4) is 0 Å². The Balaban J connectivity index is 1.58. The molecule has 1 aromatic carbocycles. The van der Waals surface area contributed by atoms with Crippen molar-refractivity contribution in [3.05, 3.63) is 65.1 Å². The summed E-state index contributed by atoms with van der Waals surface area (Å²) in [6, 6.07) is 10.5. The van der Waals surface area contributed by atoms with Crippen molar-refractivity contribution in [2.75, 3.05) is 13.1 Å². The summed E-state index contributed by atoms with van der Waals surface area (Å²) < 4.78 is 58.8. The van der Waals surface area contributed by atoms with E-state index in [-0.39, 0.29) is 36.5 Å². The van der Waals surface area contributed by atoms with Gasteiger partial charge in [0.25, 0.3) is 0 Å². The van der Waals surface area contributed by atoms with Gasteiger partial charge in [-0.05, 0) is 36.0 Å². The molecule has 0 atom stereocenters. The second kappa shape index (κ2) is 8.22. The number of fused-ring (bicyclic) bond motifs is 1. The van der Waals surface area contributed by atoms with E-state index in [1.165, 1.54) is 10.5 Å². The van der Waals surface area contributed by atoms with E-state index >= 15 is 4.39 Å². The van der Waals surface area contributed by atoms with E-state index in [2.05, 4.69) is 10.2 Å². The van der Waals surface area contributed by atoms with Crippen LogP contribution in [0, 0.1) is 5.92 Å². The zero-order valence-electron chi connectivity index (χ0n) is 17.7. The second-order valence-electron chi connectivity index (χ2n) is 8.73. The first-order chi connectivity index (χ1) is 14.7. The molecule has 8 heteroatoms. The van der Waals surface area contributed by atoms with Gasteiger partial charge in [-0.25, -0.2) is 4.39 Å². The average Bonchev–Trinajstić information content (AvgIpc) is 3.11. The Bertz CT molecular complexity index is 1030. The van der Waals surface area contributed by atoms with Crippen molar-refractivity contribution in [2.24, 2.45) is 5.92 Å². The topological polar surface area (TPSA) is 33.4 Å². The Morgan fingerprint density at radius 3 is 2.32 bits per heavy atom. The molecule has 1 saturated heterocycles. The number of pyridine rings is 1. The van der Waals surface area contributed by atoms with Gasteiger partial charge in [0.05, 0.1) is 0 Å². The summed E-state index contributed by atoms with van der Waals surface area (Å²) >= 11 is 0. The van der Waals surface area contributed by atoms with Crippen molar-refractivity contribution in [1.29, 1.82) is 0 Å². The monoisotopic (exact) mass is 434 g/mol. The lowest BCUT2D eigenvalue weighted by atomic mass is 9.86. The maximum atomic E-state index is 15.4. The summed E-state index contributed by atoms with van der Waals surface area (Å²) in [5, 5.41) is 7.87. The first-order valence-electron chi connectivity index (χ1n) is 10.6. The number of rotatable bonds is 5. The normalized spacial score (nSPS) is 17.5. The maximum absolute atomic E-state index is 15.4. The third-order valence-electron chi connectivity index (χ3n) is 5.94. The minimum Gasteiger partial charge on any atom is -0.299 e. The number of benzene rings is 1. The van der Waals surface area contributed by atoms with E-state index in [9.17, 15) is 13.2 Å². The molecular weight excluding hydrogens is 408 g/mol. The van der Waals surface area contributed by atoms with Crippen LogP contribution in [0.4, 0.5) is 17.6 Å². The summed E-state index contributed by atoms with van der Waals surface area (Å²) in [4.78, 5) is 1.88. The number of aromatic nitrogens is 3. The zero-order valence-corrected chi connectivity index (χ0v) is 17.7. The molecule has 2 aromatic heterocycles. The number of hydrogen-bond donors (Lipinski definition) is 0. The largest absolute Gasteiger partial charge is 0.420 e. The molecule has 3 aromatic rings. The van der Waals surface area contributed by atoms with Gasteiger partial charge in [-0.2, -0.15) is 13.2 Å². The zero-order chi connectivity index (χ0) is 22.2. The van der Waals surface area contributed by atoms with E-state index in [1.807, 2.05) is 24.8 Å². The Morgan fingerprint density at radius 2 is 1.71 bits per heavy atom. The Labute approximate surface area is 178 Å². The van der Waals surface area contributed by atoms with Crippen LogP contribution in [0.25, 0.3) is 5.65 Å². The molecule has 1 fully saturated rings. The van der Waals surface area contributed by atoms with E-state index in [4.69, 9.17) is 0 Å². The van der Waals surface area contributed by atoms with Crippen LogP contribution >= 0.6 is 0 Å². The van der Waals surface area contributed by atoms with Crippen molar-refractivity contribution < 1.29 is 17.6 Å². The van der Waals surface area contributed by atoms with Gasteiger partial charge < -0.3 is 0 Å². The fraction of sp³-hybridized carbons (Fsp3) is 0.478.